The summed E-state index contributed by atoms with van der Waals surface area (Å²) in [5.41, 5.74) is 3.31. The zero-order chi connectivity index (χ0) is 13.1. The van der Waals surface area contributed by atoms with Gasteiger partial charge in [-0.3, -0.25) is 4.79 Å². The number of para-hydroxylation sites is 1. The lowest BCUT2D eigenvalue weighted by Crippen LogP contribution is -2.15. The molecule has 0 saturated carbocycles. The molecule has 0 unspecified atom stereocenters. The molecule has 92 valence electrons. The summed E-state index contributed by atoms with van der Waals surface area (Å²) in [6.45, 7) is 3.85. The summed E-state index contributed by atoms with van der Waals surface area (Å²) in [6, 6.07) is 9.50. The van der Waals surface area contributed by atoms with Gasteiger partial charge in [-0.25, -0.2) is 4.98 Å². The van der Waals surface area contributed by atoms with Crippen molar-refractivity contribution in [3.8, 4) is 0 Å². The number of hydrogen-bond acceptors (Lipinski definition) is 2. The average molecular weight is 305 g/mol. The van der Waals surface area contributed by atoms with Gasteiger partial charge >= 0.3 is 0 Å². The summed E-state index contributed by atoms with van der Waals surface area (Å²) in [6.07, 6.45) is 1.67. The number of rotatable bonds is 2. The van der Waals surface area contributed by atoms with Crippen molar-refractivity contribution in [3.05, 3.63) is 57.8 Å². The summed E-state index contributed by atoms with van der Waals surface area (Å²) in [5.74, 6) is -0.151. The summed E-state index contributed by atoms with van der Waals surface area (Å²) in [5, 5.41) is 2.90. The summed E-state index contributed by atoms with van der Waals surface area (Å²) in [4.78, 5) is 16.3. The molecule has 1 heterocycles. The minimum absolute atomic E-state index is 0.151. The molecule has 2 aromatic rings. The van der Waals surface area contributed by atoms with Crippen molar-refractivity contribution in [2.24, 2.45) is 0 Å². The molecular weight excluding hydrogens is 292 g/mol. The first-order valence-corrected chi connectivity index (χ1v) is 6.37. The molecule has 0 radical (unpaired) electrons. The molecule has 1 amide bonds. The van der Waals surface area contributed by atoms with Crippen LogP contribution in [0, 0.1) is 13.8 Å². The van der Waals surface area contributed by atoms with E-state index in [1.54, 1.807) is 6.20 Å². The number of carbonyl (C=O) groups is 1. The van der Waals surface area contributed by atoms with Gasteiger partial charge in [-0.2, -0.15) is 0 Å². The fourth-order valence-electron chi connectivity index (χ4n) is 1.70. The maximum absolute atomic E-state index is 12.2. The van der Waals surface area contributed by atoms with E-state index >= 15 is 0 Å². The first kappa shape index (κ1) is 12.8. The number of nitrogens with zero attached hydrogens (tertiary/aromatic N) is 1. The molecule has 0 fully saturated rings. The van der Waals surface area contributed by atoms with Gasteiger partial charge in [0.2, 0.25) is 0 Å². The molecule has 0 aliphatic carbocycles. The Morgan fingerprint density at radius 2 is 1.89 bits per heavy atom. The maximum Gasteiger partial charge on any atom is 0.258 e. The number of hydrogen-bond donors (Lipinski definition) is 1. The number of halogens is 1. The lowest BCUT2D eigenvalue weighted by molar-refractivity contribution is 0.102. The number of aryl methyl sites for hydroxylation is 2. The van der Waals surface area contributed by atoms with Crippen LogP contribution in [-0.2, 0) is 0 Å². The smallest absolute Gasteiger partial charge is 0.258 e. The van der Waals surface area contributed by atoms with E-state index in [4.69, 9.17) is 0 Å². The molecule has 0 saturated heterocycles. The topological polar surface area (TPSA) is 42.0 Å². The van der Waals surface area contributed by atoms with E-state index in [-0.39, 0.29) is 5.91 Å². The Morgan fingerprint density at radius 1 is 1.17 bits per heavy atom. The second-order valence-corrected chi connectivity index (χ2v) is 4.81. The molecule has 0 aliphatic rings. The van der Waals surface area contributed by atoms with Crippen LogP contribution in [-0.4, -0.2) is 10.9 Å². The van der Waals surface area contributed by atoms with Crippen LogP contribution in [0.25, 0.3) is 0 Å². The Hall–Kier alpha value is -1.68. The van der Waals surface area contributed by atoms with Crippen molar-refractivity contribution in [2.45, 2.75) is 13.8 Å². The minimum Gasteiger partial charge on any atom is -0.322 e. The summed E-state index contributed by atoms with van der Waals surface area (Å²) in [7, 11) is 0. The van der Waals surface area contributed by atoms with Crippen molar-refractivity contribution in [1.82, 2.24) is 4.98 Å². The van der Waals surface area contributed by atoms with Crippen molar-refractivity contribution < 1.29 is 4.79 Å². The third-order valence-corrected chi connectivity index (χ3v) is 3.33. The van der Waals surface area contributed by atoms with Gasteiger partial charge in [0.1, 0.15) is 4.60 Å². The average Bonchev–Trinajstić information content (AvgIpc) is 2.32. The quantitative estimate of drug-likeness (QED) is 0.859. The number of aromatic nitrogens is 1. The number of carbonyl (C=O) groups excluding carboxylic acids is 1. The highest BCUT2D eigenvalue weighted by Crippen LogP contribution is 2.20. The molecule has 0 bridgehead atoms. The van der Waals surface area contributed by atoms with Gasteiger partial charge in [-0.05, 0) is 53.0 Å². The van der Waals surface area contributed by atoms with E-state index in [1.807, 2.05) is 44.2 Å². The molecule has 1 aromatic heterocycles. The summed E-state index contributed by atoms with van der Waals surface area (Å²) >= 11 is 3.31. The monoisotopic (exact) mass is 304 g/mol. The number of pyridine rings is 1. The van der Waals surface area contributed by atoms with E-state index in [9.17, 15) is 4.79 Å². The van der Waals surface area contributed by atoms with E-state index < -0.39 is 0 Å². The van der Waals surface area contributed by atoms with E-state index in [0.717, 1.165) is 16.8 Å². The van der Waals surface area contributed by atoms with Crippen LogP contribution < -0.4 is 5.32 Å². The summed E-state index contributed by atoms with van der Waals surface area (Å²) < 4.78 is 0.564. The first-order valence-electron chi connectivity index (χ1n) is 5.57. The highest BCUT2D eigenvalue weighted by molar-refractivity contribution is 9.10. The maximum atomic E-state index is 12.2. The number of nitrogens with one attached hydrogen (secondary N) is 1. The Balaban J connectivity index is 2.31. The van der Waals surface area contributed by atoms with Gasteiger partial charge in [0.15, 0.2) is 0 Å². The normalized spacial score (nSPS) is 10.2. The highest BCUT2D eigenvalue weighted by Gasteiger charge is 2.14. The Labute approximate surface area is 114 Å². The molecule has 1 N–H and O–H groups in total. The molecule has 2 rings (SSSR count). The molecule has 0 spiro atoms. The van der Waals surface area contributed by atoms with Crippen molar-refractivity contribution in [3.63, 3.8) is 0 Å². The van der Waals surface area contributed by atoms with Crippen LogP contribution in [0.1, 0.15) is 21.5 Å². The van der Waals surface area contributed by atoms with Crippen LogP contribution in [0.15, 0.2) is 41.1 Å². The number of amides is 1. The lowest BCUT2D eigenvalue weighted by atomic mass is 10.1. The van der Waals surface area contributed by atoms with Gasteiger partial charge in [-0.15, -0.1) is 0 Å². The third kappa shape index (κ3) is 2.59. The molecular formula is C14H13BrN2O. The third-order valence-electron chi connectivity index (χ3n) is 2.73. The van der Waals surface area contributed by atoms with Crippen LogP contribution in [0.5, 0.6) is 0 Å². The number of benzene rings is 1. The molecule has 3 nitrogen and oxygen atoms in total. The SMILES string of the molecule is Cc1ccccc1NC(=O)c1c(C)ccnc1Br. The van der Waals surface area contributed by atoms with Crippen molar-refractivity contribution >= 4 is 27.5 Å². The zero-order valence-electron chi connectivity index (χ0n) is 10.2. The fraction of sp³-hybridized carbons (Fsp3) is 0.143. The van der Waals surface area contributed by atoms with Crippen LogP contribution >= 0.6 is 15.9 Å². The van der Waals surface area contributed by atoms with Gasteiger partial charge < -0.3 is 5.32 Å². The zero-order valence-corrected chi connectivity index (χ0v) is 11.8. The molecule has 4 heteroatoms. The molecule has 0 atom stereocenters. The van der Waals surface area contributed by atoms with E-state index in [0.29, 0.717) is 10.2 Å². The Kier molecular flexibility index (Phi) is 3.77. The molecule has 0 aliphatic heterocycles. The van der Waals surface area contributed by atoms with E-state index in [2.05, 4.69) is 26.2 Å². The Bertz CT molecular complexity index is 576. The minimum atomic E-state index is -0.151. The van der Waals surface area contributed by atoms with Gasteiger partial charge in [0, 0.05) is 11.9 Å². The number of anilines is 1. The van der Waals surface area contributed by atoms with E-state index in [1.165, 1.54) is 0 Å². The molecule has 18 heavy (non-hydrogen) atoms. The second-order valence-electron chi connectivity index (χ2n) is 4.06. The predicted octanol–water partition coefficient (Wildman–Crippen LogP) is 3.71. The van der Waals surface area contributed by atoms with Crippen LogP contribution in [0.3, 0.4) is 0 Å². The lowest BCUT2D eigenvalue weighted by Gasteiger charge is -2.10. The largest absolute Gasteiger partial charge is 0.322 e. The van der Waals surface area contributed by atoms with Gasteiger partial charge in [0.05, 0.1) is 5.56 Å². The highest BCUT2D eigenvalue weighted by atomic mass is 79.9. The van der Waals surface area contributed by atoms with Crippen LogP contribution in [0.4, 0.5) is 5.69 Å². The van der Waals surface area contributed by atoms with Crippen LogP contribution in [0.2, 0.25) is 0 Å². The van der Waals surface area contributed by atoms with Crippen molar-refractivity contribution in [1.29, 1.82) is 0 Å². The van der Waals surface area contributed by atoms with Gasteiger partial charge in [0.25, 0.3) is 5.91 Å². The first-order chi connectivity index (χ1) is 8.59. The fourth-order valence-corrected chi connectivity index (χ4v) is 2.31. The van der Waals surface area contributed by atoms with Crippen molar-refractivity contribution in [2.75, 3.05) is 5.32 Å². The molecule has 1 aromatic carbocycles. The Morgan fingerprint density at radius 3 is 2.56 bits per heavy atom. The second kappa shape index (κ2) is 5.31. The standard InChI is InChI=1S/C14H13BrN2O/c1-9-5-3-4-6-11(9)17-14(18)12-10(2)7-8-16-13(12)15/h3-8H,1-2H3,(H,17,18). The van der Waals surface area contributed by atoms with Gasteiger partial charge in [-0.1, -0.05) is 18.2 Å². The predicted molar refractivity (Wildman–Crippen MR) is 75.8 cm³/mol.